The van der Waals surface area contributed by atoms with Gasteiger partial charge in [-0.05, 0) is 42.9 Å². The molecular weight excluding hydrogens is 212 g/mol. The van der Waals surface area contributed by atoms with Gasteiger partial charge in [0.2, 0.25) is 0 Å². The van der Waals surface area contributed by atoms with Crippen LogP contribution in [0.25, 0.3) is 0 Å². The maximum Gasteiger partial charge on any atom is 0.251 e. The van der Waals surface area contributed by atoms with E-state index in [0.717, 1.165) is 12.1 Å². The molecule has 0 bridgehead atoms. The molecule has 17 heavy (non-hydrogen) atoms. The number of benzene rings is 1. The fourth-order valence-electron chi connectivity index (χ4n) is 2.13. The van der Waals surface area contributed by atoms with Crippen molar-refractivity contribution in [2.75, 3.05) is 12.3 Å². The molecule has 2 rings (SSSR count). The molecule has 0 spiro atoms. The number of aryl methyl sites for hydroxylation is 1. The van der Waals surface area contributed by atoms with Gasteiger partial charge < -0.3 is 11.1 Å². The number of carbonyl (C=O) groups excluding carboxylic acids is 1. The molecule has 0 unspecified atom stereocenters. The number of hydrogen-bond acceptors (Lipinski definition) is 2. The molecule has 1 saturated carbocycles. The van der Waals surface area contributed by atoms with Gasteiger partial charge in [-0.15, -0.1) is 0 Å². The fourth-order valence-corrected chi connectivity index (χ4v) is 2.13. The van der Waals surface area contributed by atoms with Crippen LogP contribution in [0.2, 0.25) is 0 Å². The first kappa shape index (κ1) is 12.0. The zero-order valence-electron chi connectivity index (χ0n) is 10.5. The molecule has 1 aromatic rings. The summed E-state index contributed by atoms with van der Waals surface area (Å²) in [5.41, 5.74) is 8.44. The number of anilines is 1. The highest BCUT2D eigenvalue weighted by Crippen LogP contribution is 2.39. The van der Waals surface area contributed by atoms with E-state index < -0.39 is 0 Å². The van der Waals surface area contributed by atoms with Gasteiger partial charge in [0.25, 0.3) is 5.91 Å². The van der Waals surface area contributed by atoms with Gasteiger partial charge in [0.15, 0.2) is 0 Å². The summed E-state index contributed by atoms with van der Waals surface area (Å²) in [6, 6.07) is 5.45. The SMILES string of the molecule is Cc1ccc(C(=O)NCC2(C)CCC2)cc1N. The van der Waals surface area contributed by atoms with Crippen LogP contribution in [0.4, 0.5) is 5.69 Å². The molecule has 3 heteroatoms. The van der Waals surface area contributed by atoms with E-state index in [1.165, 1.54) is 19.3 Å². The summed E-state index contributed by atoms with van der Waals surface area (Å²) in [6.07, 6.45) is 3.70. The Morgan fingerprint density at radius 2 is 2.18 bits per heavy atom. The maximum absolute atomic E-state index is 11.9. The summed E-state index contributed by atoms with van der Waals surface area (Å²) in [6.45, 7) is 4.92. The number of amides is 1. The third kappa shape index (κ3) is 2.60. The Morgan fingerprint density at radius 3 is 2.71 bits per heavy atom. The summed E-state index contributed by atoms with van der Waals surface area (Å²) in [7, 11) is 0. The quantitative estimate of drug-likeness (QED) is 0.787. The molecule has 0 atom stereocenters. The van der Waals surface area contributed by atoms with E-state index in [1.807, 2.05) is 19.1 Å². The van der Waals surface area contributed by atoms with Crippen molar-refractivity contribution in [1.29, 1.82) is 0 Å². The molecule has 0 aromatic heterocycles. The van der Waals surface area contributed by atoms with E-state index in [-0.39, 0.29) is 5.91 Å². The monoisotopic (exact) mass is 232 g/mol. The molecule has 3 N–H and O–H groups in total. The molecule has 1 amide bonds. The Labute approximate surface area is 102 Å². The molecule has 1 aliphatic rings. The third-order valence-corrected chi connectivity index (χ3v) is 3.78. The number of rotatable bonds is 3. The topological polar surface area (TPSA) is 55.1 Å². The van der Waals surface area contributed by atoms with Crippen molar-refractivity contribution in [3.05, 3.63) is 29.3 Å². The summed E-state index contributed by atoms with van der Waals surface area (Å²) in [4.78, 5) is 11.9. The van der Waals surface area contributed by atoms with Crippen LogP contribution in [0.1, 0.15) is 42.1 Å². The van der Waals surface area contributed by atoms with E-state index in [0.29, 0.717) is 16.7 Å². The number of hydrogen-bond donors (Lipinski definition) is 2. The molecule has 0 heterocycles. The molecule has 1 aromatic carbocycles. The Bertz CT molecular complexity index is 436. The average Bonchev–Trinajstić information content (AvgIpc) is 2.27. The first-order valence-corrected chi connectivity index (χ1v) is 6.15. The van der Waals surface area contributed by atoms with Gasteiger partial charge in [0, 0.05) is 17.8 Å². The normalized spacial score (nSPS) is 17.3. The van der Waals surface area contributed by atoms with E-state index >= 15 is 0 Å². The van der Waals surface area contributed by atoms with Crippen molar-refractivity contribution < 1.29 is 4.79 Å². The third-order valence-electron chi connectivity index (χ3n) is 3.78. The van der Waals surface area contributed by atoms with Gasteiger partial charge in [-0.25, -0.2) is 0 Å². The molecule has 3 nitrogen and oxygen atoms in total. The van der Waals surface area contributed by atoms with Crippen molar-refractivity contribution in [2.24, 2.45) is 5.41 Å². The summed E-state index contributed by atoms with van der Waals surface area (Å²) in [5, 5.41) is 2.99. The van der Waals surface area contributed by atoms with Crippen molar-refractivity contribution in [3.8, 4) is 0 Å². The predicted octanol–water partition coefficient (Wildman–Crippen LogP) is 2.50. The molecule has 1 aliphatic carbocycles. The van der Waals surface area contributed by atoms with Crippen LogP contribution in [0, 0.1) is 12.3 Å². The lowest BCUT2D eigenvalue weighted by Gasteiger charge is -2.38. The van der Waals surface area contributed by atoms with Crippen LogP contribution >= 0.6 is 0 Å². The zero-order chi connectivity index (χ0) is 12.5. The Hall–Kier alpha value is -1.51. The van der Waals surface area contributed by atoms with Gasteiger partial charge in [-0.3, -0.25) is 4.79 Å². The molecular formula is C14H20N2O. The first-order valence-electron chi connectivity index (χ1n) is 6.15. The van der Waals surface area contributed by atoms with Gasteiger partial charge in [0.1, 0.15) is 0 Å². The first-order chi connectivity index (χ1) is 8.00. The number of carbonyl (C=O) groups is 1. The maximum atomic E-state index is 11.9. The summed E-state index contributed by atoms with van der Waals surface area (Å²) in [5.74, 6) is -0.0233. The smallest absolute Gasteiger partial charge is 0.251 e. The highest BCUT2D eigenvalue weighted by molar-refractivity contribution is 5.95. The van der Waals surface area contributed by atoms with E-state index in [1.54, 1.807) is 6.07 Å². The van der Waals surface area contributed by atoms with Crippen LogP contribution in [0.3, 0.4) is 0 Å². The van der Waals surface area contributed by atoms with Crippen molar-refractivity contribution >= 4 is 11.6 Å². The Kier molecular flexibility index (Phi) is 3.09. The van der Waals surface area contributed by atoms with Crippen molar-refractivity contribution in [3.63, 3.8) is 0 Å². The van der Waals surface area contributed by atoms with Crippen LogP contribution < -0.4 is 11.1 Å². The lowest BCUT2D eigenvalue weighted by Crippen LogP contribution is -2.39. The van der Waals surface area contributed by atoms with Gasteiger partial charge >= 0.3 is 0 Å². The molecule has 0 radical (unpaired) electrons. The average molecular weight is 232 g/mol. The standard InChI is InChI=1S/C14H20N2O/c1-10-4-5-11(8-12(10)15)13(17)16-9-14(2)6-3-7-14/h4-5,8H,3,6-7,9,15H2,1-2H3,(H,16,17). The fraction of sp³-hybridized carbons (Fsp3) is 0.500. The molecule has 0 aliphatic heterocycles. The van der Waals surface area contributed by atoms with E-state index in [9.17, 15) is 4.79 Å². The van der Waals surface area contributed by atoms with Crippen LogP contribution in [-0.2, 0) is 0 Å². The number of nitrogen functional groups attached to an aromatic ring is 1. The van der Waals surface area contributed by atoms with E-state index in [2.05, 4.69) is 12.2 Å². The van der Waals surface area contributed by atoms with Crippen molar-refractivity contribution in [2.45, 2.75) is 33.1 Å². The van der Waals surface area contributed by atoms with Crippen LogP contribution in [0.15, 0.2) is 18.2 Å². The lowest BCUT2D eigenvalue weighted by atomic mass is 9.70. The second kappa shape index (κ2) is 4.40. The van der Waals surface area contributed by atoms with Crippen LogP contribution in [0.5, 0.6) is 0 Å². The molecule has 1 fully saturated rings. The minimum atomic E-state index is -0.0233. The van der Waals surface area contributed by atoms with E-state index in [4.69, 9.17) is 5.73 Å². The number of nitrogens with two attached hydrogens (primary N) is 1. The molecule has 92 valence electrons. The predicted molar refractivity (Wildman–Crippen MR) is 69.9 cm³/mol. The zero-order valence-corrected chi connectivity index (χ0v) is 10.5. The Morgan fingerprint density at radius 1 is 1.47 bits per heavy atom. The minimum absolute atomic E-state index is 0.0233. The largest absolute Gasteiger partial charge is 0.398 e. The number of nitrogens with one attached hydrogen (secondary N) is 1. The van der Waals surface area contributed by atoms with Crippen molar-refractivity contribution in [1.82, 2.24) is 5.32 Å². The summed E-state index contributed by atoms with van der Waals surface area (Å²) < 4.78 is 0. The second-order valence-electron chi connectivity index (χ2n) is 5.42. The van der Waals surface area contributed by atoms with Gasteiger partial charge in [-0.1, -0.05) is 19.4 Å². The van der Waals surface area contributed by atoms with Crippen LogP contribution in [-0.4, -0.2) is 12.5 Å². The highest BCUT2D eigenvalue weighted by Gasteiger charge is 2.31. The lowest BCUT2D eigenvalue weighted by molar-refractivity contribution is 0.0891. The highest BCUT2D eigenvalue weighted by atomic mass is 16.1. The second-order valence-corrected chi connectivity index (χ2v) is 5.42. The summed E-state index contributed by atoms with van der Waals surface area (Å²) >= 11 is 0. The van der Waals surface area contributed by atoms with Gasteiger partial charge in [-0.2, -0.15) is 0 Å². The van der Waals surface area contributed by atoms with Gasteiger partial charge in [0.05, 0.1) is 0 Å². The Balaban J connectivity index is 1.97. The minimum Gasteiger partial charge on any atom is -0.398 e. The molecule has 0 saturated heterocycles.